The van der Waals surface area contributed by atoms with E-state index in [1.165, 1.54) is 0 Å². The Morgan fingerprint density at radius 2 is 2.07 bits per heavy atom. The van der Waals surface area contributed by atoms with Gasteiger partial charge in [-0.25, -0.2) is 0 Å². The molecule has 1 N–H and O–H groups in total. The van der Waals surface area contributed by atoms with Crippen LogP contribution in [0.2, 0.25) is 0 Å². The molecule has 1 heterocycles. The molecule has 1 rings (SSSR count). The molecule has 0 saturated carbocycles. The molecule has 0 spiro atoms. The Kier molecular flexibility index (Phi) is 7.67. The number of rotatable bonds is 5. The van der Waals surface area contributed by atoms with Crippen LogP contribution in [0.1, 0.15) is 33.5 Å². The molecule has 0 aromatic rings. The second kappa shape index (κ2) is 7.86. The second-order valence-corrected chi connectivity index (χ2v) is 3.81. The number of aliphatic carboxylic acids is 1. The van der Waals surface area contributed by atoms with Crippen LogP contribution in [-0.4, -0.2) is 35.5 Å². The van der Waals surface area contributed by atoms with Gasteiger partial charge in [0.25, 0.3) is 0 Å². The molecule has 0 bridgehead atoms. The van der Waals surface area contributed by atoms with E-state index in [9.17, 15) is 9.59 Å². The predicted molar refractivity (Wildman–Crippen MR) is 53.6 cm³/mol. The van der Waals surface area contributed by atoms with Gasteiger partial charge in [-0.1, -0.05) is 0 Å². The van der Waals surface area contributed by atoms with Crippen LogP contribution in [0.15, 0.2) is 0 Å². The summed E-state index contributed by atoms with van der Waals surface area (Å²) in [5.41, 5.74) is 0. The zero-order valence-electron chi connectivity index (χ0n) is 8.65. The van der Waals surface area contributed by atoms with E-state index in [2.05, 4.69) is 0 Å². The van der Waals surface area contributed by atoms with Crippen molar-refractivity contribution in [1.29, 1.82) is 0 Å². The van der Waals surface area contributed by atoms with Crippen molar-refractivity contribution >= 4 is 12.4 Å². The molecule has 1 fully saturated rings. The van der Waals surface area contributed by atoms with Crippen LogP contribution in [0.25, 0.3) is 0 Å². The number of carbonyl (C=O) groups excluding carboxylic acids is 1. The molecule has 15 heavy (non-hydrogen) atoms. The first-order valence-corrected chi connectivity index (χ1v) is 5.07. The zero-order valence-corrected chi connectivity index (χ0v) is 11.6. The molecular weight excluding hydrogens is 366 g/mol. The van der Waals surface area contributed by atoms with Gasteiger partial charge < -0.3 is 14.8 Å². The molecule has 0 aromatic heterocycles. The number of likely N-dealkylation sites (tertiary alicyclic amines) is 1. The normalized spacial score (nSPS) is 16.9. The number of piperidine rings is 1. The first-order chi connectivity index (χ1) is 6.72. The van der Waals surface area contributed by atoms with Crippen molar-refractivity contribution in [3.63, 3.8) is 0 Å². The number of carboxylic acids is 1. The molecule has 0 unspecified atom stereocenters. The van der Waals surface area contributed by atoms with E-state index in [0.717, 1.165) is 38.8 Å². The number of hydrogen-bond acceptors (Lipinski definition) is 2. The largest absolute Gasteiger partial charge is 0.520 e. The quantitative estimate of drug-likeness (QED) is 0.727. The third kappa shape index (κ3) is 5.93. The fourth-order valence-corrected chi connectivity index (χ4v) is 1.85. The number of hydrogen-bond donors (Lipinski definition) is 1. The maximum atomic E-state index is 10.3. The minimum atomic E-state index is -0.719. The summed E-state index contributed by atoms with van der Waals surface area (Å²) < 4.78 is 0. The summed E-state index contributed by atoms with van der Waals surface area (Å²) in [5.74, 6) is -0.123. The molecule has 0 aromatic carbocycles. The van der Waals surface area contributed by atoms with E-state index >= 15 is 0 Å². The van der Waals surface area contributed by atoms with E-state index in [1.807, 2.05) is 6.41 Å². The summed E-state index contributed by atoms with van der Waals surface area (Å²) in [6.07, 6.45) is 5.87. The van der Waals surface area contributed by atoms with Gasteiger partial charge in [-0.15, -0.1) is 0 Å². The smallest absolute Gasteiger partial charge is 0.303 e. The number of nitrogens with zero attached hydrogens (tertiary/aromatic N) is 1. The molecule has 1 aliphatic heterocycles. The van der Waals surface area contributed by atoms with E-state index < -0.39 is 5.97 Å². The molecule has 5 heteroatoms. The summed E-state index contributed by atoms with van der Waals surface area (Å²) in [5, 5.41) is 8.46. The maximum Gasteiger partial charge on any atom is 0.303 e. The standard InChI is InChI=1S/C10H16NO3.W.H2/c12-8-11-6-4-9(5-7-11)2-1-3-10(13)14;;/h9H,1-7H2,(H,13,14);;1H/q-1;;. The fraction of sp³-hybridized carbons (Fsp3) is 0.800. The van der Waals surface area contributed by atoms with Crippen LogP contribution in [0.5, 0.6) is 0 Å². The monoisotopic (exact) mass is 384 g/mol. The van der Waals surface area contributed by atoms with Crippen molar-refractivity contribution < 1.29 is 37.2 Å². The van der Waals surface area contributed by atoms with Gasteiger partial charge in [0.15, 0.2) is 0 Å². The van der Waals surface area contributed by atoms with Crippen molar-refractivity contribution in [2.24, 2.45) is 5.92 Å². The van der Waals surface area contributed by atoms with E-state index in [1.54, 1.807) is 4.90 Å². The number of carboxylic acid groups (broad SMARTS) is 1. The summed E-state index contributed by atoms with van der Waals surface area (Å²) in [6.45, 7) is 1.56. The van der Waals surface area contributed by atoms with E-state index in [0.29, 0.717) is 5.92 Å². The molecular formula is C10H18NO3W-. The Balaban J connectivity index is 0. The van der Waals surface area contributed by atoms with Gasteiger partial charge in [0.2, 0.25) is 0 Å². The van der Waals surface area contributed by atoms with E-state index in [4.69, 9.17) is 5.11 Å². The van der Waals surface area contributed by atoms with Crippen molar-refractivity contribution in [3.05, 3.63) is 0 Å². The second-order valence-electron chi connectivity index (χ2n) is 3.81. The summed E-state index contributed by atoms with van der Waals surface area (Å²) in [6, 6.07) is 0. The number of carbonyl (C=O) groups is 1. The van der Waals surface area contributed by atoms with Crippen LogP contribution in [0.4, 0.5) is 0 Å². The molecule has 1 aliphatic rings. The minimum Gasteiger partial charge on any atom is -0.520 e. The van der Waals surface area contributed by atoms with Crippen molar-refractivity contribution in [1.82, 2.24) is 4.90 Å². The molecule has 4 nitrogen and oxygen atoms in total. The van der Waals surface area contributed by atoms with E-state index in [-0.39, 0.29) is 28.9 Å². The Hall–Kier alpha value is -0.372. The van der Waals surface area contributed by atoms with Gasteiger partial charge in [0, 0.05) is 28.9 Å². The average Bonchev–Trinajstić information content (AvgIpc) is 2.18. The van der Waals surface area contributed by atoms with Gasteiger partial charge in [-0.05, 0) is 44.7 Å². The third-order valence-corrected chi connectivity index (χ3v) is 2.75. The van der Waals surface area contributed by atoms with Crippen molar-refractivity contribution in [2.75, 3.05) is 13.1 Å². The predicted octanol–water partition coefficient (Wildman–Crippen LogP) is 1.26. The molecule has 1 amide bonds. The third-order valence-electron chi connectivity index (χ3n) is 2.75. The Labute approximate surface area is 106 Å². The fourth-order valence-electron chi connectivity index (χ4n) is 1.85. The molecule has 0 atom stereocenters. The summed E-state index contributed by atoms with van der Waals surface area (Å²) in [4.78, 5) is 22.2. The topological polar surface area (TPSA) is 57.6 Å². The Morgan fingerprint density at radius 3 is 2.53 bits per heavy atom. The molecule has 0 radical (unpaired) electrons. The summed E-state index contributed by atoms with van der Waals surface area (Å²) in [7, 11) is 0. The van der Waals surface area contributed by atoms with Gasteiger partial charge in [-0.2, -0.15) is 6.41 Å². The number of amides is 1. The Morgan fingerprint density at radius 1 is 1.47 bits per heavy atom. The van der Waals surface area contributed by atoms with Gasteiger partial charge >= 0.3 is 5.97 Å². The van der Waals surface area contributed by atoms with Crippen molar-refractivity contribution in [2.45, 2.75) is 32.1 Å². The summed E-state index contributed by atoms with van der Waals surface area (Å²) >= 11 is 0. The van der Waals surface area contributed by atoms with Gasteiger partial charge in [0.1, 0.15) is 0 Å². The molecule has 1 saturated heterocycles. The maximum absolute atomic E-state index is 10.3. The minimum absolute atomic E-state index is 0. The van der Waals surface area contributed by atoms with Crippen molar-refractivity contribution in [3.8, 4) is 0 Å². The van der Waals surface area contributed by atoms with Gasteiger partial charge in [0.05, 0.1) is 0 Å². The average molecular weight is 384 g/mol. The van der Waals surface area contributed by atoms with Crippen LogP contribution in [0.3, 0.4) is 0 Å². The first-order valence-electron chi connectivity index (χ1n) is 5.07. The van der Waals surface area contributed by atoms with Crippen LogP contribution < -0.4 is 0 Å². The first kappa shape index (κ1) is 14.6. The van der Waals surface area contributed by atoms with Crippen LogP contribution in [-0.2, 0) is 30.7 Å². The van der Waals surface area contributed by atoms with Crippen LogP contribution >= 0.6 is 0 Å². The Bertz CT molecular complexity index is 208. The molecule has 0 aliphatic carbocycles. The molecule has 88 valence electrons. The van der Waals surface area contributed by atoms with Gasteiger partial charge in [-0.3, -0.25) is 4.79 Å². The zero-order chi connectivity index (χ0) is 10.4. The van der Waals surface area contributed by atoms with Crippen LogP contribution in [0, 0.1) is 5.92 Å². The SMILES string of the molecule is O=[C-]N1CCC(CCCC(=O)O)CC1.[HH].[W].